The van der Waals surface area contributed by atoms with Gasteiger partial charge in [-0.1, -0.05) is 6.07 Å². The maximum Gasteiger partial charge on any atom is 0.233 e. The van der Waals surface area contributed by atoms with Crippen molar-refractivity contribution in [3.8, 4) is 0 Å². The lowest BCUT2D eigenvalue weighted by Gasteiger charge is -2.17. The van der Waals surface area contributed by atoms with Gasteiger partial charge in [-0.25, -0.2) is 8.42 Å². The second-order valence-electron chi connectivity index (χ2n) is 5.55. The minimum atomic E-state index is -3.29. The topological polar surface area (TPSA) is 61.4 Å². The van der Waals surface area contributed by atoms with Crippen molar-refractivity contribution in [1.29, 1.82) is 0 Å². The highest BCUT2D eigenvalue weighted by Gasteiger charge is 2.21. The Labute approximate surface area is 121 Å². The van der Waals surface area contributed by atoms with Crippen LogP contribution in [0.25, 0.3) is 0 Å². The van der Waals surface area contributed by atoms with Crippen LogP contribution in [0.5, 0.6) is 0 Å². The molecule has 0 unspecified atom stereocenters. The Morgan fingerprint density at radius 1 is 1.30 bits per heavy atom. The number of anilines is 2. The lowest BCUT2D eigenvalue weighted by atomic mass is 10.2. The van der Waals surface area contributed by atoms with Gasteiger partial charge in [0.1, 0.15) is 0 Å². The third-order valence-electron chi connectivity index (χ3n) is 3.35. The van der Waals surface area contributed by atoms with Crippen LogP contribution in [-0.4, -0.2) is 40.9 Å². The third kappa shape index (κ3) is 4.38. The van der Waals surface area contributed by atoms with Gasteiger partial charge in [0, 0.05) is 32.4 Å². The molecule has 2 N–H and O–H groups in total. The maximum absolute atomic E-state index is 12.0. The molecule has 0 amide bonds. The predicted molar refractivity (Wildman–Crippen MR) is 83.9 cm³/mol. The molecule has 112 valence electrons. The summed E-state index contributed by atoms with van der Waals surface area (Å²) in [4.78, 5) is 1.97. The van der Waals surface area contributed by atoms with E-state index in [1.54, 1.807) is 6.07 Å². The number of sulfonamides is 1. The van der Waals surface area contributed by atoms with Crippen LogP contribution in [0.15, 0.2) is 18.2 Å². The van der Waals surface area contributed by atoms with Gasteiger partial charge < -0.3 is 10.2 Å². The van der Waals surface area contributed by atoms with Crippen LogP contribution in [0.1, 0.15) is 18.4 Å². The van der Waals surface area contributed by atoms with Gasteiger partial charge in [0.25, 0.3) is 0 Å². The lowest BCUT2D eigenvalue weighted by Crippen LogP contribution is -2.28. The number of hydrogen-bond donors (Lipinski definition) is 2. The second kappa shape index (κ2) is 6.01. The Hall–Kier alpha value is -1.27. The number of rotatable bonds is 7. The summed E-state index contributed by atoms with van der Waals surface area (Å²) in [6.45, 7) is 2.51. The van der Waals surface area contributed by atoms with Crippen LogP contribution < -0.4 is 14.9 Å². The van der Waals surface area contributed by atoms with Crippen molar-refractivity contribution in [3.63, 3.8) is 0 Å². The highest BCUT2D eigenvalue weighted by Crippen LogP contribution is 2.23. The third-order valence-corrected chi connectivity index (χ3v) is 4.63. The van der Waals surface area contributed by atoms with Gasteiger partial charge in [-0.05, 0) is 37.5 Å². The molecule has 1 aromatic carbocycles. The van der Waals surface area contributed by atoms with Crippen LogP contribution in [-0.2, 0) is 10.0 Å². The summed E-state index contributed by atoms with van der Waals surface area (Å²) < 4.78 is 26.6. The van der Waals surface area contributed by atoms with Gasteiger partial charge in [0.2, 0.25) is 10.0 Å². The number of nitrogens with zero attached hydrogens (tertiary/aromatic N) is 1. The highest BCUT2D eigenvalue weighted by atomic mass is 32.2. The van der Waals surface area contributed by atoms with Crippen molar-refractivity contribution in [2.75, 3.05) is 36.0 Å². The van der Waals surface area contributed by atoms with E-state index in [0.29, 0.717) is 18.3 Å². The molecule has 0 bridgehead atoms. The molecule has 0 aliphatic heterocycles. The van der Waals surface area contributed by atoms with E-state index in [4.69, 9.17) is 0 Å². The molecule has 1 aliphatic rings. The van der Waals surface area contributed by atoms with Crippen molar-refractivity contribution in [2.45, 2.75) is 25.8 Å². The van der Waals surface area contributed by atoms with E-state index in [2.05, 4.69) is 10.0 Å². The monoisotopic (exact) mass is 297 g/mol. The van der Waals surface area contributed by atoms with E-state index in [0.717, 1.165) is 24.1 Å². The molecule has 0 heterocycles. The molecule has 5 nitrogen and oxygen atoms in total. The number of nitrogens with one attached hydrogen (secondary N) is 2. The van der Waals surface area contributed by atoms with Crippen LogP contribution in [0.3, 0.4) is 0 Å². The SMILES string of the molecule is Cc1ccc(NS(=O)(=O)CCNC2CC2)cc1N(C)C. The van der Waals surface area contributed by atoms with Crippen molar-refractivity contribution in [1.82, 2.24) is 5.32 Å². The summed E-state index contributed by atoms with van der Waals surface area (Å²) in [7, 11) is 0.600. The number of benzene rings is 1. The van der Waals surface area contributed by atoms with Crippen LogP contribution >= 0.6 is 0 Å². The molecule has 6 heteroatoms. The average molecular weight is 297 g/mol. The standard InChI is InChI=1S/C14H23N3O2S/c1-11-4-5-13(10-14(11)17(2)3)16-20(18,19)9-8-15-12-6-7-12/h4-5,10,12,15-16H,6-9H2,1-3H3. The summed E-state index contributed by atoms with van der Waals surface area (Å²) in [5, 5.41) is 3.21. The van der Waals surface area contributed by atoms with E-state index < -0.39 is 10.0 Å². The molecule has 1 fully saturated rings. The molecule has 1 aliphatic carbocycles. The second-order valence-corrected chi connectivity index (χ2v) is 7.39. The molecule has 0 atom stereocenters. The fourth-order valence-corrected chi connectivity index (χ4v) is 3.04. The Bertz CT molecular complexity index is 566. The van der Waals surface area contributed by atoms with Crippen LogP contribution in [0.2, 0.25) is 0 Å². The Morgan fingerprint density at radius 2 is 2.00 bits per heavy atom. The fourth-order valence-electron chi connectivity index (χ4n) is 2.07. The summed E-state index contributed by atoms with van der Waals surface area (Å²) >= 11 is 0. The Morgan fingerprint density at radius 3 is 2.60 bits per heavy atom. The largest absolute Gasteiger partial charge is 0.377 e. The van der Waals surface area contributed by atoms with Crippen LogP contribution in [0.4, 0.5) is 11.4 Å². The molecule has 20 heavy (non-hydrogen) atoms. The molecule has 0 aromatic heterocycles. The molecule has 0 saturated heterocycles. The van der Waals surface area contributed by atoms with Gasteiger partial charge in [-0.2, -0.15) is 0 Å². The zero-order valence-corrected chi connectivity index (χ0v) is 13.1. The summed E-state index contributed by atoms with van der Waals surface area (Å²) in [5.74, 6) is 0.106. The minimum absolute atomic E-state index is 0.106. The lowest BCUT2D eigenvalue weighted by molar-refractivity contribution is 0.595. The summed E-state index contributed by atoms with van der Waals surface area (Å²) in [5.41, 5.74) is 2.75. The summed E-state index contributed by atoms with van der Waals surface area (Å²) in [6.07, 6.45) is 2.33. The van der Waals surface area contributed by atoms with Crippen LogP contribution in [0, 0.1) is 6.92 Å². The van der Waals surface area contributed by atoms with Gasteiger partial charge in [0.05, 0.1) is 11.4 Å². The average Bonchev–Trinajstić information content (AvgIpc) is 3.15. The predicted octanol–water partition coefficient (Wildman–Crippen LogP) is 1.55. The van der Waals surface area contributed by atoms with E-state index in [1.807, 2.05) is 38.1 Å². The zero-order chi connectivity index (χ0) is 14.8. The molecule has 0 radical (unpaired) electrons. The Balaban J connectivity index is 1.98. The quantitative estimate of drug-likeness (QED) is 0.802. The first-order valence-corrected chi connectivity index (χ1v) is 8.54. The molecule has 2 rings (SSSR count). The number of hydrogen-bond acceptors (Lipinski definition) is 4. The van der Waals surface area contributed by atoms with Crippen molar-refractivity contribution < 1.29 is 8.42 Å². The first kappa shape index (κ1) is 15.1. The molecule has 0 spiro atoms. The van der Waals surface area contributed by atoms with E-state index in [-0.39, 0.29) is 5.75 Å². The maximum atomic E-state index is 12.0. The van der Waals surface area contributed by atoms with Crippen molar-refractivity contribution >= 4 is 21.4 Å². The molecular weight excluding hydrogens is 274 g/mol. The Kier molecular flexibility index (Phi) is 4.55. The van der Waals surface area contributed by atoms with Gasteiger partial charge in [-0.3, -0.25) is 4.72 Å². The molecule has 1 saturated carbocycles. The van der Waals surface area contributed by atoms with Gasteiger partial charge in [0.15, 0.2) is 0 Å². The normalized spacial score (nSPS) is 15.2. The first-order valence-electron chi connectivity index (χ1n) is 6.89. The summed E-state index contributed by atoms with van der Waals surface area (Å²) in [6, 6.07) is 6.12. The highest BCUT2D eigenvalue weighted by molar-refractivity contribution is 7.92. The zero-order valence-electron chi connectivity index (χ0n) is 12.3. The van der Waals surface area contributed by atoms with Gasteiger partial charge >= 0.3 is 0 Å². The van der Waals surface area contributed by atoms with E-state index in [9.17, 15) is 8.42 Å². The molecular formula is C14H23N3O2S. The van der Waals surface area contributed by atoms with Gasteiger partial charge in [-0.15, -0.1) is 0 Å². The minimum Gasteiger partial charge on any atom is -0.377 e. The fraction of sp³-hybridized carbons (Fsp3) is 0.571. The number of aryl methyl sites for hydroxylation is 1. The first-order chi connectivity index (χ1) is 9.37. The van der Waals surface area contributed by atoms with E-state index in [1.165, 1.54) is 0 Å². The van der Waals surface area contributed by atoms with Crippen molar-refractivity contribution in [3.05, 3.63) is 23.8 Å². The molecule has 1 aromatic rings. The van der Waals surface area contributed by atoms with E-state index >= 15 is 0 Å². The smallest absolute Gasteiger partial charge is 0.233 e. The van der Waals surface area contributed by atoms with Crippen molar-refractivity contribution in [2.24, 2.45) is 0 Å².